The van der Waals surface area contributed by atoms with Crippen molar-refractivity contribution < 1.29 is 9.84 Å². The van der Waals surface area contributed by atoms with E-state index in [1.807, 2.05) is 6.07 Å². The number of hydrogen-bond acceptors (Lipinski definition) is 3. The lowest BCUT2D eigenvalue weighted by Crippen LogP contribution is -2.20. The zero-order valence-corrected chi connectivity index (χ0v) is 10.6. The molecule has 1 aromatic rings. The fourth-order valence-corrected chi connectivity index (χ4v) is 1.86. The normalized spacial score (nSPS) is 10.5. The number of halogens is 2. The number of aliphatic hydroxyl groups is 1. The summed E-state index contributed by atoms with van der Waals surface area (Å²) in [5, 5.41) is 12.9. The second kappa shape index (κ2) is 6.97. The highest BCUT2D eigenvalue weighted by molar-refractivity contribution is 6.34. The highest BCUT2D eigenvalue weighted by Crippen LogP contribution is 2.30. The van der Waals surface area contributed by atoms with Gasteiger partial charge in [0.25, 0.3) is 0 Å². The van der Waals surface area contributed by atoms with Crippen LogP contribution in [-0.4, -0.2) is 31.9 Å². The Morgan fingerprint density at radius 1 is 1.25 bits per heavy atom. The highest BCUT2D eigenvalue weighted by atomic mass is 35.5. The molecule has 2 N–H and O–H groups in total. The molecular weight excluding hydrogens is 249 g/mol. The summed E-state index contributed by atoms with van der Waals surface area (Å²) < 4.78 is 5.06. The summed E-state index contributed by atoms with van der Waals surface area (Å²) in [6, 6.07) is 3.52. The van der Waals surface area contributed by atoms with E-state index in [0.717, 1.165) is 18.5 Å². The zero-order valence-electron chi connectivity index (χ0n) is 9.09. The molecule has 0 aliphatic heterocycles. The van der Waals surface area contributed by atoms with Crippen LogP contribution in [0.3, 0.4) is 0 Å². The summed E-state index contributed by atoms with van der Waals surface area (Å²) in [5.41, 5.74) is 0.970. The molecular formula is C11H15Cl2NO2. The molecule has 0 heterocycles. The van der Waals surface area contributed by atoms with Crippen LogP contribution >= 0.6 is 23.2 Å². The summed E-state index contributed by atoms with van der Waals surface area (Å²) in [7, 11) is 1.56. The Morgan fingerprint density at radius 2 is 2.00 bits per heavy atom. The van der Waals surface area contributed by atoms with Gasteiger partial charge in [-0.15, -0.1) is 0 Å². The number of aliphatic hydroxyl groups excluding tert-OH is 1. The third-order valence-electron chi connectivity index (χ3n) is 2.18. The monoisotopic (exact) mass is 263 g/mol. The molecule has 0 unspecified atom stereocenters. The number of rotatable bonds is 6. The summed E-state index contributed by atoms with van der Waals surface area (Å²) in [6.07, 6.45) is 0.766. The van der Waals surface area contributed by atoms with E-state index < -0.39 is 0 Å². The Balaban J connectivity index is 2.63. The highest BCUT2D eigenvalue weighted by Gasteiger charge is 2.07. The third kappa shape index (κ3) is 3.83. The first-order valence-corrected chi connectivity index (χ1v) is 5.78. The van der Waals surface area contributed by atoms with Crippen LogP contribution in [0, 0.1) is 0 Å². The van der Waals surface area contributed by atoms with E-state index in [0.29, 0.717) is 22.3 Å². The van der Waals surface area contributed by atoms with Crippen molar-refractivity contribution in [3.8, 4) is 5.75 Å². The van der Waals surface area contributed by atoms with Crippen molar-refractivity contribution in [2.45, 2.75) is 6.42 Å². The lowest BCUT2D eigenvalue weighted by Gasteiger charge is -2.09. The van der Waals surface area contributed by atoms with Crippen LogP contribution in [0.5, 0.6) is 5.75 Å². The zero-order chi connectivity index (χ0) is 12.0. The SMILES string of the molecule is COc1cc(Cl)c(CCNCCO)cc1Cl. The molecule has 1 rings (SSSR count). The van der Waals surface area contributed by atoms with E-state index in [9.17, 15) is 0 Å². The first-order chi connectivity index (χ1) is 7.69. The Hall–Kier alpha value is -0.480. The second-order valence-corrected chi connectivity index (χ2v) is 4.12. The largest absolute Gasteiger partial charge is 0.495 e. The quantitative estimate of drug-likeness (QED) is 0.773. The Labute approximate surface area is 105 Å². The predicted octanol–water partition coefficient (Wildman–Crippen LogP) is 2.13. The summed E-state index contributed by atoms with van der Waals surface area (Å²) >= 11 is 12.1. The maximum absolute atomic E-state index is 8.60. The van der Waals surface area contributed by atoms with Crippen molar-refractivity contribution in [3.63, 3.8) is 0 Å². The Bertz CT molecular complexity index is 345. The van der Waals surface area contributed by atoms with E-state index in [-0.39, 0.29) is 6.61 Å². The molecule has 0 aromatic heterocycles. The van der Waals surface area contributed by atoms with Crippen molar-refractivity contribution in [2.24, 2.45) is 0 Å². The third-order valence-corrected chi connectivity index (χ3v) is 2.83. The van der Waals surface area contributed by atoms with Crippen molar-refractivity contribution in [1.29, 1.82) is 0 Å². The molecule has 0 radical (unpaired) electrons. The van der Waals surface area contributed by atoms with Crippen LogP contribution in [-0.2, 0) is 6.42 Å². The van der Waals surface area contributed by atoms with E-state index in [1.54, 1.807) is 13.2 Å². The van der Waals surface area contributed by atoms with Gasteiger partial charge < -0.3 is 15.2 Å². The molecule has 0 atom stereocenters. The first-order valence-electron chi connectivity index (χ1n) is 5.02. The van der Waals surface area contributed by atoms with E-state index >= 15 is 0 Å². The topological polar surface area (TPSA) is 41.5 Å². The van der Waals surface area contributed by atoms with Gasteiger partial charge in [-0.05, 0) is 24.6 Å². The van der Waals surface area contributed by atoms with Crippen molar-refractivity contribution >= 4 is 23.2 Å². The molecule has 0 aliphatic carbocycles. The summed E-state index contributed by atoms with van der Waals surface area (Å²) in [6.45, 7) is 1.47. The van der Waals surface area contributed by atoms with Gasteiger partial charge in [0.15, 0.2) is 0 Å². The van der Waals surface area contributed by atoms with Crippen molar-refractivity contribution in [1.82, 2.24) is 5.32 Å². The fourth-order valence-electron chi connectivity index (χ4n) is 1.34. The van der Waals surface area contributed by atoms with Crippen LogP contribution in [0.25, 0.3) is 0 Å². The average molecular weight is 264 g/mol. The molecule has 1 aromatic carbocycles. The molecule has 0 saturated heterocycles. The predicted molar refractivity (Wildman–Crippen MR) is 66.7 cm³/mol. The van der Waals surface area contributed by atoms with Crippen molar-refractivity contribution in [3.05, 3.63) is 27.7 Å². The second-order valence-electron chi connectivity index (χ2n) is 3.30. The van der Waals surface area contributed by atoms with Gasteiger partial charge in [0.1, 0.15) is 5.75 Å². The van der Waals surface area contributed by atoms with Gasteiger partial charge in [0, 0.05) is 17.6 Å². The molecule has 5 heteroatoms. The van der Waals surface area contributed by atoms with Gasteiger partial charge in [-0.2, -0.15) is 0 Å². The minimum atomic E-state index is 0.136. The molecule has 0 aliphatic rings. The fraction of sp³-hybridized carbons (Fsp3) is 0.455. The smallest absolute Gasteiger partial charge is 0.138 e. The molecule has 0 bridgehead atoms. The molecule has 3 nitrogen and oxygen atoms in total. The molecule has 0 saturated carbocycles. The van der Waals surface area contributed by atoms with Gasteiger partial charge >= 0.3 is 0 Å². The summed E-state index contributed by atoms with van der Waals surface area (Å²) in [5.74, 6) is 0.582. The Kier molecular flexibility index (Phi) is 5.91. The van der Waals surface area contributed by atoms with E-state index in [4.69, 9.17) is 33.0 Å². The lowest BCUT2D eigenvalue weighted by atomic mass is 10.1. The van der Waals surface area contributed by atoms with Crippen LogP contribution in [0.1, 0.15) is 5.56 Å². The van der Waals surface area contributed by atoms with E-state index in [2.05, 4.69) is 5.32 Å². The van der Waals surface area contributed by atoms with Crippen LogP contribution in [0.4, 0.5) is 0 Å². The van der Waals surface area contributed by atoms with Gasteiger partial charge in [0.2, 0.25) is 0 Å². The molecule has 90 valence electrons. The van der Waals surface area contributed by atoms with Crippen molar-refractivity contribution in [2.75, 3.05) is 26.8 Å². The lowest BCUT2D eigenvalue weighted by molar-refractivity contribution is 0.293. The summed E-state index contributed by atoms with van der Waals surface area (Å²) in [4.78, 5) is 0. The molecule has 16 heavy (non-hydrogen) atoms. The van der Waals surface area contributed by atoms with Crippen LogP contribution in [0.2, 0.25) is 10.0 Å². The van der Waals surface area contributed by atoms with Crippen LogP contribution in [0.15, 0.2) is 12.1 Å². The number of methoxy groups -OCH3 is 1. The number of ether oxygens (including phenoxy) is 1. The van der Waals surface area contributed by atoms with E-state index in [1.165, 1.54) is 0 Å². The number of nitrogens with one attached hydrogen (secondary N) is 1. The first kappa shape index (κ1) is 13.6. The minimum absolute atomic E-state index is 0.136. The van der Waals surface area contributed by atoms with Gasteiger partial charge in [-0.1, -0.05) is 23.2 Å². The van der Waals surface area contributed by atoms with Gasteiger partial charge in [0.05, 0.1) is 18.7 Å². The maximum atomic E-state index is 8.60. The number of hydrogen-bond donors (Lipinski definition) is 2. The average Bonchev–Trinajstić information content (AvgIpc) is 2.28. The van der Waals surface area contributed by atoms with Crippen LogP contribution < -0.4 is 10.1 Å². The molecule has 0 spiro atoms. The molecule has 0 amide bonds. The maximum Gasteiger partial charge on any atom is 0.138 e. The standard InChI is InChI=1S/C11H15Cl2NO2/c1-16-11-7-9(12)8(6-10(11)13)2-3-14-4-5-15/h6-7,14-15H,2-5H2,1H3. The molecule has 0 fully saturated rings. The van der Waals surface area contributed by atoms with Gasteiger partial charge in [-0.3, -0.25) is 0 Å². The minimum Gasteiger partial charge on any atom is -0.495 e. The Morgan fingerprint density at radius 3 is 2.62 bits per heavy atom. The number of benzene rings is 1. The van der Waals surface area contributed by atoms with Gasteiger partial charge in [-0.25, -0.2) is 0 Å².